The fraction of sp³-hybridized carbons (Fsp3) is 0.250. The van der Waals surface area contributed by atoms with Gasteiger partial charge in [-0.2, -0.15) is 10.7 Å². The van der Waals surface area contributed by atoms with Crippen LogP contribution in [-0.2, 0) is 4.99 Å². The third-order valence-electron chi connectivity index (χ3n) is 1.10. The maximum Gasteiger partial charge on any atom is 0.203 e. The van der Waals surface area contributed by atoms with Crippen LogP contribution in [-0.4, -0.2) is 20.4 Å². The van der Waals surface area contributed by atoms with Crippen molar-refractivity contribution >= 4 is 0 Å². The Hall–Kier alpha value is -1.51. The Bertz CT molecular complexity index is 235. The molecule has 1 rings (SSSR count). The zero-order chi connectivity index (χ0) is 8.81. The number of nitrogens with zero attached hydrogens (tertiary/aromatic N) is 3. The SMILES string of the molecule is ONC(N=NOO)c1ncc[nH]1. The molecule has 0 fully saturated rings. The number of aromatic amines is 1. The highest BCUT2D eigenvalue weighted by atomic mass is 17.2. The third kappa shape index (κ3) is 1.99. The highest BCUT2D eigenvalue weighted by Crippen LogP contribution is 2.07. The third-order valence-corrected chi connectivity index (χ3v) is 1.10. The minimum absolute atomic E-state index is 0.346. The van der Waals surface area contributed by atoms with Gasteiger partial charge in [0.1, 0.15) is 5.82 Å². The van der Waals surface area contributed by atoms with Crippen molar-refractivity contribution < 1.29 is 15.5 Å². The average Bonchev–Trinajstić information content (AvgIpc) is 2.59. The molecule has 0 bridgehead atoms. The second kappa shape index (κ2) is 4.38. The van der Waals surface area contributed by atoms with Gasteiger partial charge in [-0.15, -0.1) is 5.11 Å². The standard InChI is InChI=1S/C4H7N5O3/c10-8-4(7-9-12-11)3-5-1-2-6-3/h1-2,4,8,10-11H,(H,5,6). The van der Waals surface area contributed by atoms with Crippen LogP contribution in [0.3, 0.4) is 0 Å². The van der Waals surface area contributed by atoms with Gasteiger partial charge in [-0.1, -0.05) is 0 Å². The summed E-state index contributed by atoms with van der Waals surface area (Å²) in [5.41, 5.74) is 1.79. The number of rotatable bonds is 4. The predicted molar refractivity (Wildman–Crippen MR) is 34.8 cm³/mol. The second-order valence-electron chi connectivity index (χ2n) is 1.78. The van der Waals surface area contributed by atoms with Gasteiger partial charge in [-0.3, -0.25) is 0 Å². The Kier molecular flexibility index (Phi) is 3.14. The molecule has 0 aromatic carbocycles. The summed E-state index contributed by atoms with van der Waals surface area (Å²) < 4.78 is 0. The van der Waals surface area contributed by atoms with E-state index in [2.05, 4.69) is 25.3 Å². The van der Waals surface area contributed by atoms with Crippen molar-refractivity contribution in [2.75, 3.05) is 0 Å². The topological polar surface area (TPSA) is 115 Å². The fourth-order valence-electron chi connectivity index (χ4n) is 0.637. The number of imidazole rings is 1. The molecule has 0 spiro atoms. The molecule has 0 aliphatic heterocycles. The van der Waals surface area contributed by atoms with Gasteiger partial charge >= 0.3 is 0 Å². The van der Waals surface area contributed by atoms with Gasteiger partial charge < -0.3 is 10.2 Å². The molecule has 4 N–H and O–H groups in total. The smallest absolute Gasteiger partial charge is 0.203 e. The minimum Gasteiger partial charge on any atom is -0.346 e. The first-order valence-corrected chi connectivity index (χ1v) is 2.98. The first-order valence-electron chi connectivity index (χ1n) is 2.98. The van der Waals surface area contributed by atoms with Crippen LogP contribution in [0.5, 0.6) is 0 Å². The van der Waals surface area contributed by atoms with Crippen LogP contribution in [0.1, 0.15) is 12.0 Å². The minimum atomic E-state index is -0.882. The van der Waals surface area contributed by atoms with Crippen LogP contribution in [0.2, 0.25) is 0 Å². The Morgan fingerprint density at radius 3 is 3.08 bits per heavy atom. The van der Waals surface area contributed by atoms with E-state index < -0.39 is 6.17 Å². The van der Waals surface area contributed by atoms with Gasteiger partial charge in [-0.25, -0.2) is 9.97 Å². The zero-order valence-electron chi connectivity index (χ0n) is 5.88. The van der Waals surface area contributed by atoms with Crippen LogP contribution >= 0.6 is 0 Å². The normalized spacial score (nSPS) is 13.5. The first kappa shape index (κ1) is 8.59. The van der Waals surface area contributed by atoms with Gasteiger partial charge in [0.05, 0.1) is 5.28 Å². The van der Waals surface area contributed by atoms with Crippen LogP contribution in [0.25, 0.3) is 0 Å². The summed E-state index contributed by atoms with van der Waals surface area (Å²) in [5, 5.41) is 22.4. The highest BCUT2D eigenvalue weighted by molar-refractivity contribution is 4.92. The van der Waals surface area contributed by atoms with Crippen molar-refractivity contribution in [2.45, 2.75) is 6.17 Å². The molecule has 1 unspecified atom stereocenters. The van der Waals surface area contributed by atoms with E-state index in [0.717, 1.165) is 0 Å². The van der Waals surface area contributed by atoms with Gasteiger partial charge in [0.25, 0.3) is 0 Å². The van der Waals surface area contributed by atoms with Gasteiger partial charge in [0, 0.05) is 12.4 Å². The molecular formula is C4H7N5O3. The maximum atomic E-state index is 8.52. The summed E-state index contributed by atoms with van der Waals surface area (Å²) in [6, 6.07) is 0. The fourth-order valence-corrected chi connectivity index (χ4v) is 0.637. The summed E-state index contributed by atoms with van der Waals surface area (Å²) in [5.74, 6) is 0.346. The average molecular weight is 173 g/mol. The number of nitrogens with one attached hydrogen (secondary N) is 2. The summed E-state index contributed by atoms with van der Waals surface area (Å²) in [7, 11) is 0. The lowest BCUT2D eigenvalue weighted by Gasteiger charge is -2.02. The van der Waals surface area contributed by atoms with Crippen LogP contribution in [0.15, 0.2) is 22.8 Å². The van der Waals surface area contributed by atoms with E-state index in [1.165, 1.54) is 6.20 Å². The summed E-state index contributed by atoms with van der Waals surface area (Å²) in [6.45, 7) is 0. The molecule has 66 valence electrons. The summed E-state index contributed by atoms with van der Waals surface area (Å²) in [4.78, 5) is 9.78. The van der Waals surface area contributed by atoms with E-state index in [1.54, 1.807) is 11.7 Å². The molecule has 0 radical (unpaired) electrons. The second-order valence-corrected chi connectivity index (χ2v) is 1.78. The molecule has 1 heterocycles. The van der Waals surface area contributed by atoms with Crippen molar-refractivity contribution in [1.82, 2.24) is 15.4 Å². The number of aromatic nitrogens is 2. The molecule has 8 heteroatoms. The van der Waals surface area contributed by atoms with Crippen molar-refractivity contribution in [3.05, 3.63) is 18.2 Å². The summed E-state index contributed by atoms with van der Waals surface area (Å²) in [6.07, 6.45) is 2.15. The number of hydrogen-bond donors (Lipinski definition) is 4. The van der Waals surface area contributed by atoms with E-state index in [9.17, 15) is 0 Å². The number of hydrogen-bond acceptors (Lipinski definition) is 7. The first-order chi connectivity index (χ1) is 5.88. The van der Waals surface area contributed by atoms with E-state index in [0.29, 0.717) is 5.82 Å². The van der Waals surface area contributed by atoms with Crippen LogP contribution in [0, 0.1) is 0 Å². The molecule has 1 aromatic rings. The van der Waals surface area contributed by atoms with Crippen molar-refractivity contribution in [3.63, 3.8) is 0 Å². The zero-order valence-corrected chi connectivity index (χ0v) is 5.88. The molecular weight excluding hydrogens is 166 g/mol. The lowest BCUT2D eigenvalue weighted by atomic mass is 10.5. The highest BCUT2D eigenvalue weighted by Gasteiger charge is 2.10. The largest absolute Gasteiger partial charge is 0.346 e. The maximum absolute atomic E-state index is 8.52. The Morgan fingerprint density at radius 1 is 1.75 bits per heavy atom. The Balaban J connectivity index is 2.63. The van der Waals surface area contributed by atoms with E-state index >= 15 is 0 Å². The monoisotopic (exact) mass is 173 g/mol. The molecule has 12 heavy (non-hydrogen) atoms. The van der Waals surface area contributed by atoms with Crippen molar-refractivity contribution in [1.29, 1.82) is 0 Å². The Morgan fingerprint density at radius 2 is 2.58 bits per heavy atom. The van der Waals surface area contributed by atoms with Gasteiger partial charge in [-0.05, 0) is 0 Å². The van der Waals surface area contributed by atoms with Crippen LogP contribution < -0.4 is 5.48 Å². The van der Waals surface area contributed by atoms with Gasteiger partial charge in [0.15, 0.2) is 0 Å². The summed E-state index contributed by atoms with van der Waals surface area (Å²) >= 11 is 0. The predicted octanol–water partition coefficient (Wildman–Crippen LogP) is 0.244. The lowest BCUT2D eigenvalue weighted by molar-refractivity contribution is -0.252. The Labute approximate surface area is 66.8 Å². The molecule has 8 nitrogen and oxygen atoms in total. The molecule has 0 saturated carbocycles. The molecule has 1 atom stereocenters. The number of H-pyrrole nitrogens is 1. The number of hydroxylamine groups is 1. The van der Waals surface area contributed by atoms with E-state index in [1.807, 2.05) is 0 Å². The molecule has 0 aliphatic rings. The van der Waals surface area contributed by atoms with Gasteiger partial charge in [0.2, 0.25) is 6.17 Å². The molecule has 0 amide bonds. The lowest BCUT2D eigenvalue weighted by Crippen LogP contribution is -2.15. The van der Waals surface area contributed by atoms with Crippen molar-refractivity contribution in [2.24, 2.45) is 10.4 Å². The molecule has 0 aliphatic carbocycles. The molecule has 0 saturated heterocycles. The molecule has 1 aromatic heterocycles. The quantitative estimate of drug-likeness (QED) is 0.296. The van der Waals surface area contributed by atoms with Crippen molar-refractivity contribution in [3.8, 4) is 0 Å². The van der Waals surface area contributed by atoms with Crippen LogP contribution in [0.4, 0.5) is 0 Å². The van der Waals surface area contributed by atoms with E-state index in [-0.39, 0.29) is 0 Å². The van der Waals surface area contributed by atoms with E-state index in [4.69, 9.17) is 10.5 Å².